The molecule has 0 radical (unpaired) electrons. The molecule has 6 nitrogen and oxygen atoms in total. The Morgan fingerprint density at radius 2 is 1.72 bits per heavy atom. The number of carbonyl (C=O) groups excluding carboxylic acids is 1. The Morgan fingerprint density at radius 3 is 2.34 bits per heavy atom. The number of furan rings is 1. The summed E-state index contributed by atoms with van der Waals surface area (Å²) in [6.07, 6.45) is 2.15. The van der Waals surface area contributed by atoms with Crippen LogP contribution in [0, 0.1) is 12.8 Å². The lowest BCUT2D eigenvalue weighted by Crippen LogP contribution is -2.50. The molecule has 2 fully saturated rings. The Morgan fingerprint density at radius 1 is 1.07 bits per heavy atom. The predicted octanol–water partition coefficient (Wildman–Crippen LogP) is 3.18. The van der Waals surface area contributed by atoms with Crippen molar-refractivity contribution in [1.29, 1.82) is 0 Å². The van der Waals surface area contributed by atoms with Crippen molar-refractivity contribution >= 4 is 15.9 Å². The number of nitrogens with zero attached hydrogens (tertiary/aromatic N) is 2. The van der Waals surface area contributed by atoms with Crippen LogP contribution in [0.5, 0.6) is 0 Å². The first-order valence-electron chi connectivity index (χ1n) is 10.3. The van der Waals surface area contributed by atoms with Crippen molar-refractivity contribution in [3.63, 3.8) is 0 Å². The Labute approximate surface area is 172 Å². The predicted molar refractivity (Wildman–Crippen MR) is 110 cm³/mol. The summed E-state index contributed by atoms with van der Waals surface area (Å²) in [5.74, 6) is 3.18. The molecular formula is C22H28N2O4S. The molecule has 2 aliphatic rings. The number of sulfonamides is 1. The molecule has 0 spiro atoms. The average Bonchev–Trinajstić information content (AvgIpc) is 3.26. The lowest BCUT2D eigenvalue weighted by Gasteiger charge is -2.34. The number of benzene rings is 1. The molecule has 1 aliphatic heterocycles. The summed E-state index contributed by atoms with van der Waals surface area (Å²) >= 11 is 0. The summed E-state index contributed by atoms with van der Waals surface area (Å²) in [6, 6.07) is 10.9. The highest BCUT2D eigenvalue weighted by molar-refractivity contribution is 7.89. The summed E-state index contributed by atoms with van der Waals surface area (Å²) in [4.78, 5) is 14.6. The summed E-state index contributed by atoms with van der Waals surface area (Å²) < 4.78 is 32.9. The SMILES string of the molecule is Cc1ccc(S(=O)(=O)N2CCN(C(=O)CCc3ccc(C4CC4C)o3)CC2)cc1. The first-order chi connectivity index (χ1) is 13.8. The Bertz CT molecular complexity index is 972. The molecule has 1 aromatic heterocycles. The van der Waals surface area contributed by atoms with Crippen molar-refractivity contribution in [2.24, 2.45) is 5.92 Å². The minimum absolute atomic E-state index is 0.0510. The number of amides is 1. The van der Waals surface area contributed by atoms with Crippen LogP contribution in [-0.4, -0.2) is 49.7 Å². The second-order valence-corrected chi connectivity index (χ2v) is 10.2. The Balaban J connectivity index is 1.28. The van der Waals surface area contributed by atoms with Gasteiger partial charge in [-0.05, 0) is 43.5 Å². The van der Waals surface area contributed by atoms with Gasteiger partial charge in [-0.2, -0.15) is 4.31 Å². The van der Waals surface area contributed by atoms with E-state index in [1.54, 1.807) is 29.2 Å². The highest BCUT2D eigenvalue weighted by Crippen LogP contribution is 2.47. The molecule has 1 saturated carbocycles. The molecule has 1 saturated heterocycles. The highest BCUT2D eigenvalue weighted by atomic mass is 32.2. The molecule has 1 aliphatic carbocycles. The van der Waals surface area contributed by atoms with Crippen LogP contribution in [0.3, 0.4) is 0 Å². The fourth-order valence-corrected chi connectivity index (χ4v) is 5.29. The van der Waals surface area contributed by atoms with Gasteiger partial charge in [0.05, 0.1) is 4.90 Å². The van der Waals surface area contributed by atoms with Crippen molar-refractivity contribution in [3.8, 4) is 0 Å². The molecule has 0 N–H and O–H groups in total. The van der Waals surface area contributed by atoms with Crippen LogP contribution in [0.1, 0.15) is 42.8 Å². The van der Waals surface area contributed by atoms with Crippen molar-refractivity contribution in [2.75, 3.05) is 26.2 Å². The van der Waals surface area contributed by atoms with Gasteiger partial charge in [-0.15, -0.1) is 0 Å². The third-order valence-corrected chi connectivity index (χ3v) is 7.91. The topological polar surface area (TPSA) is 70.8 Å². The Hall–Kier alpha value is -2.12. The van der Waals surface area contributed by atoms with E-state index in [9.17, 15) is 13.2 Å². The minimum atomic E-state index is -3.51. The Kier molecular flexibility index (Phi) is 5.53. The average molecular weight is 417 g/mol. The van der Waals surface area contributed by atoms with Gasteiger partial charge in [-0.1, -0.05) is 24.6 Å². The largest absolute Gasteiger partial charge is 0.466 e. The van der Waals surface area contributed by atoms with E-state index in [1.807, 2.05) is 19.1 Å². The third kappa shape index (κ3) is 4.41. The van der Waals surface area contributed by atoms with E-state index in [-0.39, 0.29) is 5.91 Å². The van der Waals surface area contributed by atoms with Gasteiger partial charge in [-0.25, -0.2) is 8.42 Å². The first kappa shape index (κ1) is 20.2. The first-order valence-corrected chi connectivity index (χ1v) is 11.7. The number of hydrogen-bond donors (Lipinski definition) is 0. The van der Waals surface area contributed by atoms with Crippen molar-refractivity contribution in [2.45, 2.75) is 43.9 Å². The van der Waals surface area contributed by atoms with Crippen LogP contribution in [0.15, 0.2) is 45.7 Å². The molecule has 2 heterocycles. The van der Waals surface area contributed by atoms with Gasteiger partial charge in [0.2, 0.25) is 15.9 Å². The van der Waals surface area contributed by atoms with Gasteiger partial charge >= 0.3 is 0 Å². The second-order valence-electron chi connectivity index (χ2n) is 8.22. The van der Waals surface area contributed by atoms with Crippen molar-refractivity contribution in [1.82, 2.24) is 9.21 Å². The molecule has 29 heavy (non-hydrogen) atoms. The smallest absolute Gasteiger partial charge is 0.243 e. The van der Waals surface area contributed by atoms with Gasteiger partial charge in [0, 0.05) is 44.9 Å². The molecule has 4 rings (SSSR count). The number of hydrogen-bond acceptors (Lipinski definition) is 4. The third-order valence-electron chi connectivity index (χ3n) is 5.99. The summed E-state index contributed by atoms with van der Waals surface area (Å²) in [5, 5.41) is 0. The van der Waals surface area contributed by atoms with Crippen molar-refractivity contribution in [3.05, 3.63) is 53.5 Å². The number of piperazine rings is 1. The molecule has 2 unspecified atom stereocenters. The van der Waals surface area contributed by atoms with Crippen LogP contribution in [-0.2, 0) is 21.2 Å². The molecule has 2 atom stereocenters. The zero-order valence-corrected chi connectivity index (χ0v) is 17.8. The number of aryl methyl sites for hydroxylation is 2. The quantitative estimate of drug-likeness (QED) is 0.725. The van der Waals surface area contributed by atoms with Crippen LogP contribution in [0.25, 0.3) is 0 Å². The van der Waals surface area contributed by atoms with Crippen LogP contribution in [0.2, 0.25) is 0 Å². The van der Waals surface area contributed by atoms with E-state index in [1.165, 1.54) is 10.7 Å². The molecule has 156 valence electrons. The zero-order chi connectivity index (χ0) is 20.6. The van der Waals surface area contributed by atoms with E-state index < -0.39 is 10.0 Å². The van der Waals surface area contributed by atoms with Gasteiger partial charge in [0.15, 0.2) is 0 Å². The van der Waals surface area contributed by atoms with Crippen molar-refractivity contribution < 1.29 is 17.6 Å². The van der Waals surface area contributed by atoms with E-state index in [0.29, 0.717) is 55.8 Å². The summed E-state index contributed by atoms with van der Waals surface area (Å²) in [7, 11) is -3.51. The van der Waals surface area contributed by atoms with E-state index in [0.717, 1.165) is 17.1 Å². The minimum Gasteiger partial charge on any atom is -0.466 e. The van der Waals surface area contributed by atoms with Gasteiger partial charge < -0.3 is 9.32 Å². The summed E-state index contributed by atoms with van der Waals surface area (Å²) in [5.41, 5.74) is 1.02. The molecule has 1 amide bonds. The standard InChI is InChI=1S/C22H28N2O4S/c1-16-3-7-19(8-4-16)29(26,27)24-13-11-23(12-14-24)22(25)10-6-18-5-9-21(28-18)20-15-17(20)2/h3-5,7-9,17,20H,6,10-15H2,1-2H3. The normalized spacial score (nSPS) is 22.6. The maximum atomic E-state index is 12.8. The van der Waals surface area contributed by atoms with E-state index in [4.69, 9.17) is 4.42 Å². The van der Waals surface area contributed by atoms with Crippen LogP contribution in [0.4, 0.5) is 0 Å². The molecular weight excluding hydrogens is 388 g/mol. The van der Waals surface area contributed by atoms with Crippen LogP contribution < -0.4 is 0 Å². The zero-order valence-electron chi connectivity index (χ0n) is 17.0. The molecule has 2 aromatic rings. The number of rotatable bonds is 6. The molecule has 0 bridgehead atoms. The second kappa shape index (κ2) is 7.95. The van der Waals surface area contributed by atoms with Gasteiger partial charge in [0.25, 0.3) is 0 Å². The maximum absolute atomic E-state index is 12.8. The monoisotopic (exact) mass is 416 g/mol. The lowest BCUT2D eigenvalue weighted by atomic mass is 10.2. The number of carbonyl (C=O) groups is 1. The maximum Gasteiger partial charge on any atom is 0.243 e. The molecule has 1 aromatic carbocycles. The highest BCUT2D eigenvalue weighted by Gasteiger charge is 2.36. The van der Waals surface area contributed by atoms with Crippen LogP contribution >= 0.6 is 0 Å². The van der Waals surface area contributed by atoms with Gasteiger partial charge in [0.1, 0.15) is 11.5 Å². The van der Waals surface area contributed by atoms with E-state index >= 15 is 0 Å². The van der Waals surface area contributed by atoms with Gasteiger partial charge in [-0.3, -0.25) is 4.79 Å². The fraction of sp³-hybridized carbons (Fsp3) is 0.500. The fourth-order valence-electron chi connectivity index (χ4n) is 3.87. The molecule has 7 heteroatoms. The lowest BCUT2D eigenvalue weighted by molar-refractivity contribution is -0.132. The summed E-state index contributed by atoms with van der Waals surface area (Å²) in [6.45, 7) is 5.64. The van der Waals surface area contributed by atoms with E-state index in [2.05, 4.69) is 6.92 Å².